The Hall–Kier alpha value is -1.49. The first kappa shape index (κ1) is 7.17. The lowest BCUT2D eigenvalue weighted by molar-refractivity contribution is 0.273. The summed E-state index contributed by atoms with van der Waals surface area (Å²) in [6.07, 6.45) is 1.42. The number of hydrogen-bond donors (Lipinski definition) is 1. The van der Waals surface area contributed by atoms with E-state index in [4.69, 9.17) is 5.11 Å². The van der Waals surface area contributed by atoms with Gasteiger partial charge in [-0.2, -0.15) is 14.6 Å². The highest BCUT2D eigenvalue weighted by atomic mass is 16.3. The topological polar surface area (TPSA) is 63.3 Å². The normalized spacial score (nSPS) is 10.8. The van der Waals surface area contributed by atoms with Crippen molar-refractivity contribution in [3.8, 4) is 0 Å². The predicted molar refractivity (Wildman–Crippen MR) is 41.4 cm³/mol. The van der Waals surface area contributed by atoms with Gasteiger partial charge in [-0.15, -0.1) is 0 Å². The second-order valence-electron chi connectivity index (χ2n) is 2.52. The van der Waals surface area contributed by atoms with Gasteiger partial charge < -0.3 is 5.11 Å². The first-order chi connectivity index (χ1) is 5.81. The SMILES string of the molecule is Cc1cc(CO)n2ncnc2n1. The number of aliphatic hydroxyl groups is 1. The fourth-order valence-corrected chi connectivity index (χ4v) is 1.12. The average molecular weight is 164 g/mol. The second kappa shape index (κ2) is 2.53. The molecule has 0 amide bonds. The summed E-state index contributed by atoms with van der Waals surface area (Å²) in [6, 6.07) is 1.78. The summed E-state index contributed by atoms with van der Waals surface area (Å²) in [7, 11) is 0. The number of hydrogen-bond acceptors (Lipinski definition) is 4. The van der Waals surface area contributed by atoms with Gasteiger partial charge >= 0.3 is 0 Å². The van der Waals surface area contributed by atoms with E-state index >= 15 is 0 Å². The zero-order valence-corrected chi connectivity index (χ0v) is 6.60. The monoisotopic (exact) mass is 164 g/mol. The van der Waals surface area contributed by atoms with E-state index in [1.54, 1.807) is 6.07 Å². The Balaban J connectivity index is 2.80. The molecule has 12 heavy (non-hydrogen) atoms. The Morgan fingerprint density at radius 1 is 1.58 bits per heavy atom. The minimum Gasteiger partial charge on any atom is -0.390 e. The highest BCUT2D eigenvalue weighted by Crippen LogP contribution is 2.03. The van der Waals surface area contributed by atoms with Crippen LogP contribution in [0, 0.1) is 6.92 Å². The Morgan fingerprint density at radius 3 is 3.17 bits per heavy atom. The fraction of sp³-hybridized carbons (Fsp3) is 0.286. The zero-order valence-electron chi connectivity index (χ0n) is 6.60. The van der Waals surface area contributed by atoms with Crippen molar-refractivity contribution in [1.82, 2.24) is 19.6 Å². The molecule has 0 spiro atoms. The Morgan fingerprint density at radius 2 is 2.42 bits per heavy atom. The second-order valence-corrected chi connectivity index (χ2v) is 2.52. The average Bonchev–Trinajstić information content (AvgIpc) is 2.50. The van der Waals surface area contributed by atoms with Gasteiger partial charge in [0.05, 0.1) is 12.3 Å². The van der Waals surface area contributed by atoms with Gasteiger partial charge in [0.1, 0.15) is 6.33 Å². The lowest BCUT2D eigenvalue weighted by atomic mass is 10.3. The third-order valence-electron chi connectivity index (χ3n) is 1.62. The van der Waals surface area contributed by atoms with Crippen LogP contribution in [0.3, 0.4) is 0 Å². The van der Waals surface area contributed by atoms with Crippen LogP contribution in [0.1, 0.15) is 11.4 Å². The fourth-order valence-electron chi connectivity index (χ4n) is 1.12. The molecule has 5 heteroatoms. The van der Waals surface area contributed by atoms with Crippen molar-refractivity contribution in [2.75, 3.05) is 0 Å². The van der Waals surface area contributed by atoms with E-state index in [-0.39, 0.29) is 6.61 Å². The highest BCUT2D eigenvalue weighted by molar-refractivity contribution is 5.29. The Kier molecular flexibility index (Phi) is 1.51. The molecule has 0 bridgehead atoms. The number of fused-ring (bicyclic) bond motifs is 1. The summed E-state index contributed by atoms with van der Waals surface area (Å²) in [4.78, 5) is 8.04. The van der Waals surface area contributed by atoms with Crippen molar-refractivity contribution >= 4 is 5.78 Å². The summed E-state index contributed by atoms with van der Waals surface area (Å²) in [5.74, 6) is 0.527. The van der Waals surface area contributed by atoms with Gasteiger partial charge in [0, 0.05) is 5.69 Å². The van der Waals surface area contributed by atoms with Crippen molar-refractivity contribution in [3.63, 3.8) is 0 Å². The molecule has 2 heterocycles. The van der Waals surface area contributed by atoms with Crippen LogP contribution < -0.4 is 0 Å². The van der Waals surface area contributed by atoms with Gasteiger partial charge in [-0.25, -0.2) is 4.98 Å². The van der Waals surface area contributed by atoms with Crippen LogP contribution in [-0.2, 0) is 6.61 Å². The molecule has 0 aliphatic heterocycles. The molecule has 62 valence electrons. The smallest absolute Gasteiger partial charge is 0.252 e. The Bertz CT molecular complexity index is 409. The molecular formula is C7H8N4O. The van der Waals surface area contributed by atoms with E-state index in [2.05, 4.69) is 15.1 Å². The molecule has 2 aromatic heterocycles. The van der Waals surface area contributed by atoms with Crippen molar-refractivity contribution < 1.29 is 5.11 Å². The van der Waals surface area contributed by atoms with E-state index in [0.717, 1.165) is 5.69 Å². The van der Waals surface area contributed by atoms with Crippen molar-refractivity contribution in [3.05, 3.63) is 23.8 Å². The van der Waals surface area contributed by atoms with Crippen molar-refractivity contribution in [2.45, 2.75) is 13.5 Å². The minimum absolute atomic E-state index is 0.0524. The molecule has 0 aliphatic rings. The van der Waals surface area contributed by atoms with Crippen molar-refractivity contribution in [2.24, 2.45) is 0 Å². The maximum absolute atomic E-state index is 8.96. The quantitative estimate of drug-likeness (QED) is 0.640. The van der Waals surface area contributed by atoms with Gasteiger partial charge in [0.25, 0.3) is 5.78 Å². The molecule has 2 aromatic rings. The van der Waals surface area contributed by atoms with E-state index in [1.165, 1.54) is 10.8 Å². The first-order valence-corrected chi connectivity index (χ1v) is 3.58. The highest BCUT2D eigenvalue weighted by Gasteiger charge is 2.02. The van der Waals surface area contributed by atoms with Crippen LogP contribution in [0.5, 0.6) is 0 Å². The number of nitrogens with zero attached hydrogens (tertiary/aromatic N) is 4. The standard InChI is InChI=1S/C7H8N4O/c1-5-2-6(3-12)11-7(10-5)8-4-9-11/h2,4,12H,3H2,1H3. The number of rotatable bonds is 1. The molecule has 0 atom stereocenters. The van der Waals surface area contributed by atoms with E-state index in [9.17, 15) is 0 Å². The summed E-state index contributed by atoms with van der Waals surface area (Å²) in [5.41, 5.74) is 1.54. The van der Waals surface area contributed by atoms with Gasteiger partial charge in [-0.3, -0.25) is 0 Å². The van der Waals surface area contributed by atoms with Crippen LogP contribution in [0.25, 0.3) is 5.78 Å². The lowest BCUT2D eigenvalue weighted by Crippen LogP contribution is -2.01. The van der Waals surface area contributed by atoms with Crippen LogP contribution in [-0.4, -0.2) is 24.7 Å². The largest absolute Gasteiger partial charge is 0.390 e. The minimum atomic E-state index is -0.0524. The Labute approximate surface area is 68.7 Å². The van der Waals surface area contributed by atoms with Crippen LogP contribution in [0.4, 0.5) is 0 Å². The molecular weight excluding hydrogens is 156 g/mol. The van der Waals surface area contributed by atoms with Crippen LogP contribution in [0.2, 0.25) is 0 Å². The number of aromatic nitrogens is 4. The van der Waals surface area contributed by atoms with Gasteiger partial charge in [0.15, 0.2) is 0 Å². The summed E-state index contributed by atoms with van der Waals surface area (Å²) >= 11 is 0. The summed E-state index contributed by atoms with van der Waals surface area (Å²) in [5, 5.41) is 12.9. The summed E-state index contributed by atoms with van der Waals surface area (Å²) in [6.45, 7) is 1.80. The predicted octanol–water partition coefficient (Wildman–Crippen LogP) is -0.0750. The van der Waals surface area contributed by atoms with E-state index in [0.29, 0.717) is 11.5 Å². The maximum Gasteiger partial charge on any atom is 0.252 e. The molecule has 0 saturated heterocycles. The number of aryl methyl sites for hydroxylation is 1. The number of aliphatic hydroxyl groups excluding tert-OH is 1. The van der Waals surface area contributed by atoms with E-state index in [1.807, 2.05) is 6.92 Å². The third-order valence-corrected chi connectivity index (χ3v) is 1.62. The molecule has 0 unspecified atom stereocenters. The molecule has 0 aromatic carbocycles. The molecule has 0 aliphatic carbocycles. The molecule has 2 rings (SSSR count). The van der Waals surface area contributed by atoms with Crippen molar-refractivity contribution in [1.29, 1.82) is 0 Å². The van der Waals surface area contributed by atoms with E-state index < -0.39 is 0 Å². The lowest BCUT2D eigenvalue weighted by Gasteiger charge is -2.00. The van der Waals surface area contributed by atoms with Crippen LogP contribution in [0.15, 0.2) is 12.4 Å². The molecule has 1 N–H and O–H groups in total. The third kappa shape index (κ3) is 0.947. The molecule has 0 radical (unpaired) electrons. The first-order valence-electron chi connectivity index (χ1n) is 3.58. The van der Waals surface area contributed by atoms with Gasteiger partial charge in [-0.05, 0) is 13.0 Å². The van der Waals surface area contributed by atoms with Gasteiger partial charge in [0.2, 0.25) is 0 Å². The van der Waals surface area contributed by atoms with Gasteiger partial charge in [-0.1, -0.05) is 0 Å². The maximum atomic E-state index is 8.96. The molecule has 0 saturated carbocycles. The van der Waals surface area contributed by atoms with Crippen LogP contribution >= 0.6 is 0 Å². The molecule has 5 nitrogen and oxygen atoms in total. The summed E-state index contributed by atoms with van der Waals surface area (Å²) < 4.78 is 1.52. The zero-order chi connectivity index (χ0) is 8.55. The molecule has 0 fully saturated rings.